The zero-order valence-electron chi connectivity index (χ0n) is 11.3. The molecule has 0 amide bonds. The molecule has 4 heteroatoms. The summed E-state index contributed by atoms with van der Waals surface area (Å²) in [6, 6.07) is 0. The van der Waals surface area contributed by atoms with Gasteiger partial charge in [0, 0.05) is 12.1 Å². The molecule has 1 unspecified atom stereocenters. The second-order valence-corrected chi connectivity index (χ2v) is 7.08. The van der Waals surface area contributed by atoms with Crippen LogP contribution in [-0.2, 0) is 5.54 Å². The molecule has 0 saturated heterocycles. The van der Waals surface area contributed by atoms with Crippen molar-refractivity contribution in [2.24, 2.45) is 23.5 Å². The highest BCUT2D eigenvalue weighted by Crippen LogP contribution is 2.59. The number of nitrogens with two attached hydrogens (primary N) is 1. The van der Waals surface area contributed by atoms with E-state index in [1.807, 2.05) is 6.33 Å². The van der Waals surface area contributed by atoms with E-state index < -0.39 is 6.10 Å². The van der Waals surface area contributed by atoms with E-state index in [1.54, 1.807) is 6.20 Å². The lowest BCUT2D eigenvalue weighted by atomic mass is 9.53. The molecule has 0 aromatic carbocycles. The molecule has 104 valence electrons. The lowest BCUT2D eigenvalue weighted by Crippen LogP contribution is -2.52. The minimum atomic E-state index is -0.574. The first-order valence-corrected chi connectivity index (χ1v) is 7.61. The standard InChI is InChI=1S/C15H23N3O/c16-7-14(19)13-8-17-9-18(13)15-4-10-1-11(5-15)3-12(2-10)6-15/h8-12,14,19H,1-7,16H2. The van der Waals surface area contributed by atoms with E-state index in [9.17, 15) is 5.11 Å². The zero-order valence-corrected chi connectivity index (χ0v) is 11.3. The van der Waals surface area contributed by atoms with E-state index in [0.717, 1.165) is 23.4 Å². The molecular formula is C15H23N3O. The van der Waals surface area contributed by atoms with Gasteiger partial charge in [0.05, 0.1) is 18.2 Å². The number of hydrogen-bond donors (Lipinski definition) is 2. The average molecular weight is 261 g/mol. The fourth-order valence-corrected chi connectivity index (χ4v) is 5.43. The van der Waals surface area contributed by atoms with E-state index in [-0.39, 0.29) is 12.1 Å². The number of aliphatic hydroxyl groups is 1. The van der Waals surface area contributed by atoms with Crippen LogP contribution in [0, 0.1) is 17.8 Å². The average Bonchev–Trinajstić information content (AvgIpc) is 2.86. The summed E-state index contributed by atoms with van der Waals surface area (Å²) in [6.07, 6.45) is 11.3. The Morgan fingerprint density at radius 1 is 1.26 bits per heavy atom. The third-order valence-electron chi connectivity index (χ3n) is 5.75. The van der Waals surface area contributed by atoms with Gasteiger partial charge in [-0.2, -0.15) is 0 Å². The largest absolute Gasteiger partial charge is 0.385 e. The van der Waals surface area contributed by atoms with Crippen LogP contribution in [0.3, 0.4) is 0 Å². The second kappa shape index (κ2) is 4.06. The molecule has 4 aliphatic carbocycles. The number of rotatable bonds is 3. The van der Waals surface area contributed by atoms with E-state index >= 15 is 0 Å². The van der Waals surface area contributed by atoms with Crippen LogP contribution in [0.4, 0.5) is 0 Å². The first kappa shape index (κ1) is 11.9. The van der Waals surface area contributed by atoms with Gasteiger partial charge < -0.3 is 15.4 Å². The van der Waals surface area contributed by atoms with Gasteiger partial charge in [0.15, 0.2) is 0 Å². The van der Waals surface area contributed by atoms with E-state index in [2.05, 4.69) is 9.55 Å². The maximum Gasteiger partial charge on any atom is 0.108 e. The topological polar surface area (TPSA) is 64.1 Å². The van der Waals surface area contributed by atoms with Crippen molar-refractivity contribution in [1.82, 2.24) is 9.55 Å². The van der Waals surface area contributed by atoms with Crippen molar-refractivity contribution in [3.8, 4) is 0 Å². The molecule has 4 saturated carbocycles. The monoisotopic (exact) mass is 261 g/mol. The maximum atomic E-state index is 10.1. The zero-order chi connectivity index (χ0) is 13.0. The van der Waals surface area contributed by atoms with Gasteiger partial charge in [-0.15, -0.1) is 0 Å². The summed E-state index contributed by atoms with van der Waals surface area (Å²) < 4.78 is 2.29. The predicted octanol–water partition coefficient (Wildman–Crippen LogP) is 1.80. The Kier molecular flexibility index (Phi) is 2.55. The van der Waals surface area contributed by atoms with Gasteiger partial charge in [-0.3, -0.25) is 0 Å². The molecule has 5 rings (SSSR count). The molecule has 0 spiro atoms. The third-order valence-corrected chi connectivity index (χ3v) is 5.75. The number of nitrogens with zero attached hydrogens (tertiary/aromatic N) is 2. The summed E-state index contributed by atoms with van der Waals surface area (Å²) >= 11 is 0. The first-order chi connectivity index (χ1) is 9.20. The molecule has 4 nitrogen and oxygen atoms in total. The quantitative estimate of drug-likeness (QED) is 0.872. The highest BCUT2D eigenvalue weighted by molar-refractivity contribution is 5.13. The van der Waals surface area contributed by atoms with Crippen LogP contribution in [-0.4, -0.2) is 21.2 Å². The number of imidazole rings is 1. The number of aromatic nitrogens is 2. The lowest BCUT2D eigenvalue weighted by molar-refractivity contribution is -0.0467. The van der Waals surface area contributed by atoms with Crippen molar-refractivity contribution in [2.75, 3.05) is 6.54 Å². The minimum absolute atomic E-state index is 0.233. The predicted molar refractivity (Wildman–Crippen MR) is 72.4 cm³/mol. The Hall–Kier alpha value is -0.870. The van der Waals surface area contributed by atoms with E-state index in [0.29, 0.717) is 0 Å². The SMILES string of the molecule is NCC(O)c1cncn1C12CC3CC(CC(C3)C1)C2. The van der Waals surface area contributed by atoms with Gasteiger partial charge in [0.2, 0.25) is 0 Å². The van der Waals surface area contributed by atoms with Crippen molar-refractivity contribution in [3.63, 3.8) is 0 Å². The van der Waals surface area contributed by atoms with Gasteiger partial charge >= 0.3 is 0 Å². The molecule has 1 atom stereocenters. The molecule has 4 fully saturated rings. The summed E-state index contributed by atoms with van der Waals surface area (Å²) in [4.78, 5) is 4.30. The molecule has 3 N–H and O–H groups in total. The highest BCUT2D eigenvalue weighted by Gasteiger charge is 2.52. The van der Waals surface area contributed by atoms with Crippen molar-refractivity contribution in [2.45, 2.75) is 50.2 Å². The third kappa shape index (κ3) is 1.69. The number of aliphatic hydroxyl groups excluding tert-OH is 1. The van der Waals surface area contributed by atoms with Gasteiger partial charge in [0.1, 0.15) is 6.10 Å². The van der Waals surface area contributed by atoms with Crippen molar-refractivity contribution in [3.05, 3.63) is 18.2 Å². The Labute approximate surface area is 114 Å². The summed E-state index contributed by atoms with van der Waals surface area (Å²) in [5, 5.41) is 10.1. The van der Waals surface area contributed by atoms with Crippen LogP contribution in [0.15, 0.2) is 12.5 Å². The fourth-order valence-electron chi connectivity index (χ4n) is 5.43. The summed E-state index contributed by atoms with van der Waals surface area (Å²) in [7, 11) is 0. The van der Waals surface area contributed by atoms with Crippen molar-refractivity contribution < 1.29 is 5.11 Å². The molecule has 4 bridgehead atoms. The smallest absolute Gasteiger partial charge is 0.108 e. The second-order valence-electron chi connectivity index (χ2n) is 7.08. The number of hydrogen-bond acceptors (Lipinski definition) is 3. The first-order valence-electron chi connectivity index (χ1n) is 7.61. The fraction of sp³-hybridized carbons (Fsp3) is 0.800. The normalized spacial score (nSPS) is 41.7. The molecule has 1 aromatic heterocycles. The Balaban J connectivity index is 1.74. The van der Waals surface area contributed by atoms with Gasteiger partial charge in [-0.05, 0) is 56.3 Å². The van der Waals surface area contributed by atoms with Gasteiger partial charge in [0.25, 0.3) is 0 Å². The minimum Gasteiger partial charge on any atom is -0.385 e. The Morgan fingerprint density at radius 3 is 2.37 bits per heavy atom. The molecule has 4 aliphatic rings. The molecule has 0 radical (unpaired) electrons. The molecular weight excluding hydrogens is 238 g/mol. The van der Waals surface area contributed by atoms with E-state index in [4.69, 9.17) is 5.73 Å². The van der Waals surface area contributed by atoms with Crippen LogP contribution in [0.1, 0.15) is 50.3 Å². The maximum absolute atomic E-state index is 10.1. The molecule has 19 heavy (non-hydrogen) atoms. The lowest BCUT2D eigenvalue weighted by Gasteiger charge is -2.57. The van der Waals surface area contributed by atoms with Crippen LogP contribution in [0.5, 0.6) is 0 Å². The van der Waals surface area contributed by atoms with Crippen molar-refractivity contribution >= 4 is 0 Å². The highest BCUT2D eigenvalue weighted by atomic mass is 16.3. The van der Waals surface area contributed by atoms with Gasteiger partial charge in [-0.1, -0.05) is 0 Å². The molecule has 0 aliphatic heterocycles. The van der Waals surface area contributed by atoms with Gasteiger partial charge in [-0.25, -0.2) is 4.98 Å². The summed E-state index contributed by atoms with van der Waals surface area (Å²) in [5.41, 5.74) is 6.79. The van der Waals surface area contributed by atoms with Crippen LogP contribution in [0.2, 0.25) is 0 Å². The summed E-state index contributed by atoms with van der Waals surface area (Å²) in [6.45, 7) is 0.276. The van der Waals surface area contributed by atoms with Crippen molar-refractivity contribution in [1.29, 1.82) is 0 Å². The summed E-state index contributed by atoms with van der Waals surface area (Å²) in [5.74, 6) is 2.70. The Morgan fingerprint density at radius 2 is 1.84 bits per heavy atom. The molecule has 1 aromatic rings. The Bertz CT molecular complexity index is 446. The van der Waals surface area contributed by atoms with E-state index in [1.165, 1.54) is 38.5 Å². The van der Waals surface area contributed by atoms with Crippen LogP contribution >= 0.6 is 0 Å². The van der Waals surface area contributed by atoms with Crippen LogP contribution < -0.4 is 5.73 Å². The van der Waals surface area contributed by atoms with Crippen LogP contribution in [0.25, 0.3) is 0 Å². The molecule has 1 heterocycles.